The Bertz CT molecular complexity index is 515. The van der Waals surface area contributed by atoms with Crippen molar-refractivity contribution in [1.82, 2.24) is 4.98 Å². The number of rotatable bonds is 3. The number of methoxy groups -OCH3 is 1. The quantitative estimate of drug-likeness (QED) is 0.798. The van der Waals surface area contributed by atoms with E-state index in [-0.39, 0.29) is 5.88 Å². The van der Waals surface area contributed by atoms with E-state index in [0.29, 0.717) is 5.56 Å². The predicted octanol–water partition coefficient (Wildman–Crippen LogP) is 2.87. The molecule has 1 saturated heterocycles. The van der Waals surface area contributed by atoms with Gasteiger partial charge in [0.2, 0.25) is 0 Å². The van der Waals surface area contributed by atoms with E-state index in [1.54, 1.807) is 18.1 Å². The van der Waals surface area contributed by atoms with E-state index in [9.17, 15) is 4.39 Å². The number of hydrogen-bond donors (Lipinski definition) is 0. The molecule has 0 saturated carbocycles. The van der Waals surface area contributed by atoms with Gasteiger partial charge < -0.3 is 14.0 Å². The summed E-state index contributed by atoms with van der Waals surface area (Å²) in [6.07, 6.45) is 3.10. The first-order chi connectivity index (χ1) is 9.27. The van der Waals surface area contributed by atoms with Crippen molar-refractivity contribution in [2.45, 2.75) is 38.9 Å². The monoisotopic (exact) mass is 279 g/mol. The largest absolute Gasteiger partial charge is 0.487 e. The second kappa shape index (κ2) is 5.18. The van der Waals surface area contributed by atoms with E-state index in [1.165, 1.54) is 13.3 Å². The highest BCUT2D eigenvalue weighted by molar-refractivity contribution is 6.52. The maximum absolute atomic E-state index is 13.9. The summed E-state index contributed by atoms with van der Waals surface area (Å²) in [5.74, 6) is 1.16. The lowest BCUT2D eigenvalue weighted by molar-refractivity contribution is 0.00578. The van der Waals surface area contributed by atoms with Crippen LogP contribution in [-0.4, -0.2) is 30.4 Å². The third-order valence-corrected chi connectivity index (χ3v) is 3.78. The highest BCUT2D eigenvalue weighted by Crippen LogP contribution is 2.37. The molecule has 0 atom stereocenters. The Morgan fingerprint density at radius 2 is 1.85 bits per heavy atom. The lowest BCUT2D eigenvalue weighted by Gasteiger charge is -2.32. The first-order valence-electron chi connectivity index (χ1n) is 6.49. The lowest BCUT2D eigenvalue weighted by Crippen LogP contribution is -2.41. The standard InChI is InChI=1S/C14H19BFNO3/c1-13(2)14(3,4)20-15(19-13)8-6-10-7-9-17-12(18-5)11(10)16/h6-9H,1-5H3/b8-6+. The predicted molar refractivity (Wildman–Crippen MR) is 75.9 cm³/mol. The van der Waals surface area contributed by atoms with E-state index < -0.39 is 24.1 Å². The average Bonchev–Trinajstić information content (AvgIpc) is 2.56. The number of nitrogens with zero attached hydrogens (tertiary/aromatic N) is 1. The van der Waals surface area contributed by atoms with Crippen molar-refractivity contribution >= 4 is 13.2 Å². The van der Waals surface area contributed by atoms with Crippen molar-refractivity contribution in [3.8, 4) is 5.88 Å². The summed E-state index contributed by atoms with van der Waals surface area (Å²) in [6, 6.07) is 1.57. The van der Waals surface area contributed by atoms with E-state index in [1.807, 2.05) is 27.7 Å². The van der Waals surface area contributed by atoms with Gasteiger partial charge in [-0.2, -0.15) is 0 Å². The molecule has 0 bridgehead atoms. The Hall–Kier alpha value is -1.40. The molecule has 0 amide bonds. The van der Waals surface area contributed by atoms with Gasteiger partial charge in [-0.3, -0.25) is 0 Å². The minimum Gasteiger partial charge on any atom is -0.479 e. The van der Waals surface area contributed by atoms with Crippen LogP contribution in [0.1, 0.15) is 33.3 Å². The molecule has 1 aromatic rings. The van der Waals surface area contributed by atoms with Crippen LogP contribution in [0.4, 0.5) is 4.39 Å². The van der Waals surface area contributed by atoms with E-state index in [0.717, 1.165) is 0 Å². The van der Waals surface area contributed by atoms with Crippen molar-refractivity contribution in [2.24, 2.45) is 0 Å². The molecule has 108 valence electrons. The zero-order valence-corrected chi connectivity index (χ0v) is 12.4. The third-order valence-electron chi connectivity index (χ3n) is 3.78. The molecule has 0 aromatic carbocycles. The van der Waals surface area contributed by atoms with Crippen LogP contribution in [0.2, 0.25) is 0 Å². The highest BCUT2D eigenvalue weighted by Gasteiger charge is 2.50. The van der Waals surface area contributed by atoms with Crippen LogP contribution in [0.3, 0.4) is 0 Å². The van der Waals surface area contributed by atoms with Crippen LogP contribution >= 0.6 is 0 Å². The number of ether oxygens (including phenoxy) is 1. The van der Waals surface area contributed by atoms with Gasteiger partial charge >= 0.3 is 7.12 Å². The van der Waals surface area contributed by atoms with Gasteiger partial charge in [0, 0.05) is 11.8 Å². The smallest absolute Gasteiger partial charge is 0.479 e. The molecule has 4 nitrogen and oxygen atoms in total. The molecule has 0 unspecified atom stereocenters. The SMILES string of the molecule is COc1nccc(/C=C/B2OC(C)(C)C(C)(C)O2)c1F. The average molecular weight is 279 g/mol. The van der Waals surface area contributed by atoms with E-state index in [2.05, 4.69) is 4.98 Å². The third kappa shape index (κ3) is 2.71. The first-order valence-corrected chi connectivity index (χ1v) is 6.49. The van der Waals surface area contributed by atoms with Crippen LogP contribution in [0.25, 0.3) is 6.08 Å². The molecule has 2 heterocycles. The van der Waals surface area contributed by atoms with Crippen LogP contribution in [-0.2, 0) is 9.31 Å². The van der Waals surface area contributed by atoms with Crippen LogP contribution in [0, 0.1) is 5.82 Å². The summed E-state index contributed by atoms with van der Waals surface area (Å²) in [5, 5.41) is 0. The van der Waals surface area contributed by atoms with Gasteiger partial charge in [-0.25, -0.2) is 9.37 Å². The second-order valence-electron chi connectivity index (χ2n) is 5.71. The van der Waals surface area contributed by atoms with Crippen molar-refractivity contribution in [2.75, 3.05) is 7.11 Å². The van der Waals surface area contributed by atoms with Crippen LogP contribution in [0.15, 0.2) is 18.2 Å². The number of pyridine rings is 1. The molecule has 1 aromatic heterocycles. The number of hydrogen-bond acceptors (Lipinski definition) is 4. The Labute approximate surface area is 119 Å². The van der Waals surface area contributed by atoms with Crippen LogP contribution < -0.4 is 4.74 Å². The Balaban J connectivity index is 2.16. The molecule has 2 rings (SSSR count). The summed E-state index contributed by atoms with van der Waals surface area (Å²) >= 11 is 0. The van der Waals surface area contributed by atoms with Crippen molar-refractivity contribution in [3.05, 3.63) is 29.6 Å². The molecule has 1 aliphatic heterocycles. The normalized spacial score (nSPS) is 20.6. The molecule has 1 fully saturated rings. The molecule has 6 heteroatoms. The summed E-state index contributed by atoms with van der Waals surface area (Å²) < 4.78 is 30.4. The summed E-state index contributed by atoms with van der Waals surface area (Å²) in [4.78, 5) is 3.79. The number of aromatic nitrogens is 1. The summed E-state index contributed by atoms with van der Waals surface area (Å²) in [5.41, 5.74) is -0.431. The van der Waals surface area contributed by atoms with Gasteiger partial charge in [-0.05, 0) is 33.8 Å². The maximum atomic E-state index is 13.9. The van der Waals surface area contributed by atoms with Crippen molar-refractivity contribution < 1.29 is 18.4 Å². The molecule has 0 spiro atoms. The minimum atomic E-state index is -0.501. The molecule has 0 N–H and O–H groups in total. The molecule has 0 radical (unpaired) electrons. The van der Waals surface area contributed by atoms with Gasteiger partial charge in [0.15, 0.2) is 5.82 Å². The zero-order chi connectivity index (χ0) is 15.0. The van der Waals surface area contributed by atoms with Crippen LogP contribution in [0.5, 0.6) is 5.88 Å². The summed E-state index contributed by atoms with van der Waals surface area (Å²) in [6.45, 7) is 7.88. The van der Waals surface area contributed by atoms with Crippen molar-refractivity contribution in [3.63, 3.8) is 0 Å². The second-order valence-corrected chi connectivity index (χ2v) is 5.71. The Morgan fingerprint density at radius 1 is 1.25 bits per heavy atom. The molecule has 1 aliphatic rings. The summed E-state index contributed by atoms with van der Waals surface area (Å²) in [7, 11) is 0.881. The molecule has 0 aliphatic carbocycles. The topological polar surface area (TPSA) is 40.6 Å². The zero-order valence-electron chi connectivity index (χ0n) is 12.4. The lowest BCUT2D eigenvalue weighted by atomic mass is 9.89. The fraction of sp³-hybridized carbons (Fsp3) is 0.500. The fourth-order valence-electron chi connectivity index (χ4n) is 1.86. The van der Waals surface area contributed by atoms with Gasteiger partial charge in [0.1, 0.15) is 0 Å². The van der Waals surface area contributed by atoms with Gasteiger partial charge in [-0.15, -0.1) is 0 Å². The van der Waals surface area contributed by atoms with E-state index in [4.69, 9.17) is 14.0 Å². The van der Waals surface area contributed by atoms with Gasteiger partial charge in [0.25, 0.3) is 5.88 Å². The molecule has 20 heavy (non-hydrogen) atoms. The first kappa shape index (κ1) is 15.0. The van der Waals surface area contributed by atoms with Gasteiger partial charge in [0.05, 0.1) is 18.3 Å². The van der Waals surface area contributed by atoms with Gasteiger partial charge in [-0.1, -0.05) is 12.1 Å². The molecular formula is C14H19BFNO3. The Kier molecular flexibility index (Phi) is 3.89. The van der Waals surface area contributed by atoms with Crippen molar-refractivity contribution in [1.29, 1.82) is 0 Å². The van der Waals surface area contributed by atoms with E-state index >= 15 is 0 Å². The minimum absolute atomic E-state index is 0.0268. The maximum Gasteiger partial charge on any atom is 0.487 e. The Morgan fingerprint density at radius 3 is 2.40 bits per heavy atom. The number of halogens is 1. The fourth-order valence-corrected chi connectivity index (χ4v) is 1.86. The highest BCUT2D eigenvalue weighted by atomic mass is 19.1. The molecular weight excluding hydrogens is 260 g/mol.